The molecular weight excluding hydrogens is 206 g/mol. The van der Waals surface area contributed by atoms with Gasteiger partial charge in [-0.1, -0.05) is 51.5 Å². The van der Waals surface area contributed by atoms with Crippen LogP contribution in [-0.4, -0.2) is 6.54 Å². The predicted molar refractivity (Wildman–Crippen MR) is 78.5 cm³/mol. The summed E-state index contributed by atoms with van der Waals surface area (Å²) in [6, 6.07) is 6.47. The summed E-state index contributed by atoms with van der Waals surface area (Å²) >= 11 is 0. The average Bonchev–Trinajstić information content (AvgIpc) is 2.27. The van der Waals surface area contributed by atoms with Crippen LogP contribution in [0.2, 0.25) is 0 Å². The van der Waals surface area contributed by atoms with Gasteiger partial charge in [0, 0.05) is 12.2 Å². The lowest BCUT2D eigenvalue weighted by atomic mass is 9.96. The van der Waals surface area contributed by atoms with Gasteiger partial charge < -0.3 is 5.32 Å². The molecule has 94 valence electrons. The van der Waals surface area contributed by atoms with Gasteiger partial charge >= 0.3 is 0 Å². The van der Waals surface area contributed by atoms with Crippen molar-refractivity contribution < 1.29 is 0 Å². The number of hydrogen-bond donors (Lipinski definition) is 1. The Kier molecular flexibility index (Phi) is 5.27. The summed E-state index contributed by atoms with van der Waals surface area (Å²) in [4.78, 5) is 0. The van der Waals surface area contributed by atoms with Crippen LogP contribution >= 0.6 is 0 Å². The van der Waals surface area contributed by atoms with E-state index in [0.717, 1.165) is 18.5 Å². The van der Waals surface area contributed by atoms with Crippen LogP contribution in [0, 0.1) is 5.92 Å². The second-order valence-corrected chi connectivity index (χ2v) is 5.14. The summed E-state index contributed by atoms with van der Waals surface area (Å²) in [6.45, 7) is 13.9. The summed E-state index contributed by atoms with van der Waals surface area (Å²) in [5, 5.41) is 3.55. The molecule has 17 heavy (non-hydrogen) atoms. The van der Waals surface area contributed by atoms with E-state index in [1.807, 2.05) is 0 Å². The average molecular weight is 231 g/mol. The Morgan fingerprint density at radius 1 is 1.35 bits per heavy atom. The van der Waals surface area contributed by atoms with Crippen LogP contribution in [0.3, 0.4) is 0 Å². The van der Waals surface area contributed by atoms with E-state index in [4.69, 9.17) is 0 Å². The van der Waals surface area contributed by atoms with Crippen molar-refractivity contribution in [2.75, 3.05) is 11.9 Å². The molecule has 1 aromatic rings. The standard InChI is InChI=1S/C16H25N/c1-6-8-15-14(13(4)5)9-7-10-16(15)17-11-12(2)3/h7,9-10,12,17H,4,6,8,11H2,1-3,5H3. The van der Waals surface area contributed by atoms with Gasteiger partial charge in [0.1, 0.15) is 0 Å². The molecule has 0 aliphatic heterocycles. The molecule has 0 aromatic heterocycles. The van der Waals surface area contributed by atoms with Gasteiger partial charge in [-0.05, 0) is 36.5 Å². The summed E-state index contributed by atoms with van der Waals surface area (Å²) in [5.74, 6) is 0.665. The van der Waals surface area contributed by atoms with Crippen molar-refractivity contribution in [3.8, 4) is 0 Å². The fraction of sp³-hybridized carbons (Fsp3) is 0.500. The Bertz CT molecular complexity index is 377. The van der Waals surface area contributed by atoms with Gasteiger partial charge in [-0.15, -0.1) is 0 Å². The van der Waals surface area contributed by atoms with E-state index in [2.05, 4.69) is 57.8 Å². The molecule has 0 spiro atoms. The summed E-state index contributed by atoms with van der Waals surface area (Å²) in [5.41, 5.74) is 5.16. The summed E-state index contributed by atoms with van der Waals surface area (Å²) < 4.78 is 0. The Morgan fingerprint density at radius 3 is 2.59 bits per heavy atom. The molecule has 1 aromatic carbocycles. The number of hydrogen-bond acceptors (Lipinski definition) is 1. The van der Waals surface area contributed by atoms with Crippen molar-refractivity contribution in [3.05, 3.63) is 35.9 Å². The zero-order chi connectivity index (χ0) is 12.8. The molecule has 1 nitrogen and oxygen atoms in total. The molecule has 0 radical (unpaired) electrons. The van der Waals surface area contributed by atoms with Crippen LogP contribution in [-0.2, 0) is 6.42 Å². The molecule has 0 bridgehead atoms. The molecule has 1 heteroatoms. The maximum atomic E-state index is 4.08. The predicted octanol–water partition coefficient (Wildman–Crippen LogP) is 4.74. The second kappa shape index (κ2) is 6.48. The maximum absolute atomic E-state index is 4.08. The van der Waals surface area contributed by atoms with E-state index in [1.165, 1.54) is 23.2 Å². The highest BCUT2D eigenvalue weighted by atomic mass is 14.9. The van der Waals surface area contributed by atoms with E-state index in [9.17, 15) is 0 Å². The van der Waals surface area contributed by atoms with Gasteiger partial charge in [-0.25, -0.2) is 0 Å². The normalized spacial score (nSPS) is 10.6. The number of rotatable bonds is 6. The quantitative estimate of drug-likeness (QED) is 0.745. The Morgan fingerprint density at radius 2 is 2.06 bits per heavy atom. The minimum atomic E-state index is 0.665. The maximum Gasteiger partial charge on any atom is 0.0378 e. The molecule has 0 saturated carbocycles. The topological polar surface area (TPSA) is 12.0 Å². The smallest absolute Gasteiger partial charge is 0.0378 e. The third-order valence-electron chi connectivity index (χ3n) is 2.84. The first-order chi connectivity index (χ1) is 8.06. The molecule has 0 unspecified atom stereocenters. The lowest BCUT2D eigenvalue weighted by Crippen LogP contribution is -2.10. The molecule has 0 heterocycles. The van der Waals surface area contributed by atoms with Gasteiger partial charge in [-0.3, -0.25) is 0 Å². The van der Waals surface area contributed by atoms with Crippen molar-refractivity contribution in [1.29, 1.82) is 0 Å². The van der Waals surface area contributed by atoms with Crippen molar-refractivity contribution in [2.24, 2.45) is 5.92 Å². The van der Waals surface area contributed by atoms with Crippen LogP contribution < -0.4 is 5.32 Å². The lowest BCUT2D eigenvalue weighted by molar-refractivity contribution is 0.688. The van der Waals surface area contributed by atoms with Crippen LogP contribution in [0.5, 0.6) is 0 Å². The molecule has 0 saturated heterocycles. The third kappa shape index (κ3) is 3.92. The first kappa shape index (κ1) is 13.8. The highest BCUT2D eigenvalue weighted by molar-refractivity contribution is 5.71. The second-order valence-electron chi connectivity index (χ2n) is 5.14. The highest BCUT2D eigenvalue weighted by Crippen LogP contribution is 2.26. The number of allylic oxidation sites excluding steroid dienone is 1. The molecule has 1 rings (SSSR count). The monoisotopic (exact) mass is 231 g/mol. The van der Waals surface area contributed by atoms with E-state index in [0.29, 0.717) is 5.92 Å². The van der Waals surface area contributed by atoms with Crippen LogP contribution in [0.25, 0.3) is 5.57 Å². The SMILES string of the molecule is C=C(C)c1cccc(NCC(C)C)c1CCC. The van der Waals surface area contributed by atoms with E-state index < -0.39 is 0 Å². The van der Waals surface area contributed by atoms with E-state index in [1.54, 1.807) is 0 Å². The van der Waals surface area contributed by atoms with Gasteiger partial charge in [0.15, 0.2) is 0 Å². The number of anilines is 1. The van der Waals surface area contributed by atoms with Crippen molar-refractivity contribution in [2.45, 2.75) is 40.5 Å². The van der Waals surface area contributed by atoms with Gasteiger partial charge in [-0.2, -0.15) is 0 Å². The minimum absolute atomic E-state index is 0.665. The molecular formula is C16H25N. The Hall–Kier alpha value is -1.24. The molecule has 0 atom stereocenters. The van der Waals surface area contributed by atoms with Crippen molar-refractivity contribution in [3.63, 3.8) is 0 Å². The fourth-order valence-corrected chi connectivity index (χ4v) is 1.99. The van der Waals surface area contributed by atoms with Gasteiger partial charge in [0.25, 0.3) is 0 Å². The largest absolute Gasteiger partial charge is 0.385 e. The minimum Gasteiger partial charge on any atom is -0.385 e. The first-order valence-corrected chi connectivity index (χ1v) is 6.57. The van der Waals surface area contributed by atoms with E-state index >= 15 is 0 Å². The van der Waals surface area contributed by atoms with Crippen LogP contribution in [0.15, 0.2) is 24.8 Å². The zero-order valence-electron chi connectivity index (χ0n) is 11.6. The zero-order valence-corrected chi connectivity index (χ0v) is 11.6. The lowest BCUT2D eigenvalue weighted by Gasteiger charge is -2.17. The van der Waals surface area contributed by atoms with E-state index in [-0.39, 0.29) is 0 Å². The van der Waals surface area contributed by atoms with Crippen molar-refractivity contribution >= 4 is 11.3 Å². The third-order valence-corrected chi connectivity index (χ3v) is 2.84. The molecule has 0 amide bonds. The molecule has 1 N–H and O–H groups in total. The van der Waals surface area contributed by atoms with Crippen LogP contribution in [0.4, 0.5) is 5.69 Å². The van der Waals surface area contributed by atoms with Gasteiger partial charge in [0.05, 0.1) is 0 Å². The molecule has 0 fully saturated rings. The van der Waals surface area contributed by atoms with Gasteiger partial charge in [0.2, 0.25) is 0 Å². The number of nitrogens with one attached hydrogen (secondary N) is 1. The summed E-state index contributed by atoms with van der Waals surface area (Å²) in [7, 11) is 0. The summed E-state index contributed by atoms with van der Waals surface area (Å²) in [6.07, 6.45) is 2.28. The van der Waals surface area contributed by atoms with Crippen molar-refractivity contribution in [1.82, 2.24) is 0 Å². The fourth-order valence-electron chi connectivity index (χ4n) is 1.99. The Labute approximate surface area is 106 Å². The Balaban J connectivity index is 3.01. The number of benzene rings is 1. The first-order valence-electron chi connectivity index (χ1n) is 6.57. The van der Waals surface area contributed by atoms with Crippen LogP contribution in [0.1, 0.15) is 45.2 Å². The molecule has 0 aliphatic carbocycles. The highest BCUT2D eigenvalue weighted by Gasteiger charge is 2.08. The molecule has 0 aliphatic rings.